The van der Waals surface area contributed by atoms with Crippen LogP contribution in [0.4, 0.5) is 8.78 Å². The van der Waals surface area contributed by atoms with Gasteiger partial charge in [-0.2, -0.15) is 0 Å². The molecule has 0 saturated heterocycles. The minimum absolute atomic E-state index is 0.240. The van der Waals surface area contributed by atoms with E-state index in [0.29, 0.717) is 6.07 Å². The Hall–Kier alpha value is -1.16. The topological polar surface area (TPSA) is 37.3 Å². The first-order valence-electron chi connectivity index (χ1n) is 3.34. The SMILES string of the molecule is O=C(O)C(Cl)c1ccc(F)cc1F. The number of alkyl halides is 1. The zero-order valence-electron chi connectivity index (χ0n) is 6.30. The van der Waals surface area contributed by atoms with Crippen molar-refractivity contribution in [3.8, 4) is 0 Å². The maximum atomic E-state index is 12.9. The highest BCUT2D eigenvalue weighted by Gasteiger charge is 2.20. The van der Waals surface area contributed by atoms with Crippen LogP contribution in [-0.2, 0) is 4.79 Å². The van der Waals surface area contributed by atoms with Crippen molar-refractivity contribution < 1.29 is 18.7 Å². The summed E-state index contributed by atoms with van der Waals surface area (Å²) in [6, 6.07) is 2.56. The largest absolute Gasteiger partial charge is 0.480 e. The highest BCUT2D eigenvalue weighted by molar-refractivity contribution is 6.29. The van der Waals surface area contributed by atoms with Crippen LogP contribution in [0.1, 0.15) is 10.9 Å². The van der Waals surface area contributed by atoms with Crippen LogP contribution in [0, 0.1) is 11.6 Å². The van der Waals surface area contributed by atoms with Gasteiger partial charge < -0.3 is 5.11 Å². The zero-order chi connectivity index (χ0) is 10.0. The normalized spacial score (nSPS) is 12.5. The van der Waals surface area contributed by atoms with Gasteiger partial charge in [0.2, 0.25) is 0 Å². The lowest BCUT2D eigenvalue weighted by atomic mass is 10.1. The minimum Gasteiger partial charge on any atom is -0.480 e. The van der Waals surface area contributed by atoms with Crippen molar-refractivity contribution in [2.24, 2.45) is 0 Å². The van der Waals surface area contributed by atoms with E-state index >= 15 is 0 Å². The number of carboxylic acid groups (broad SMARTS) is 1. The van der Waals surface area contributed by atoms with Crippen molar-refractivity contribution >= 4 is 17.6 Å². The molecule has 1 N–H and O–H groups in total. The first-order chi connectivity index (χ1) is 6.02. The summed E-state index contributed by atoms with van der Waals surface area (Å²) < 4.78 is 25.3. The minimum atomic E-state index is -1.49. The van der Waals surface area contributed by atoms with E-state index in [-0.39, 0.29) is 5.56 Å². The standard InChI is InChI=1S/C8H5ClF2O2/c9-7(8(12)13)5-2-1-4(10)3-6(5)11/h1-3,7H,(H,12,13). The number of carboxylic acids is 1. The van der Waals surface area contributed by atoms with Gasteiger partial charge in [0.25, 0.3) is 0 Å². The van der Waals surface area contributed by atoms with Gasteiger partial charge in [0, 0.05) is 11.6 Å². The maximum absolute atomic E-state index is 12.9. The predicted molar refractivity (Wildman–Crippen MR) is 42.6 cm³/mol. The smallest absolute Gasteiger partial charge is 0.326 e. The average molecular weight is 207 g/mol. The molecule has 1 atom stereocenters. The summed E-state index contributed by atoms with van der Waals surface area (Å²) in [6.07, 6.45) is 0. The highest BCUT2D eigenvalue weighted by Crippen LogP contribution is 2.23. The van der Waals surface area contributed by atoms with E-state index in [1.54, 1.807) is 0 Å². The van der Waals surface area contributed by atoms with E-state index in [2.05, 4.69) is 0 Å². The molecule has 0 aliphatic rings. The number of aliphatic carboxylic acids is 1. The number of hydrogen-bond donors (Lipinski definition) is 1. The molecule has 1 aromatic rings. The lowest BCUT2D eigenvalue weighted by Gasteiger charge is -2.05. The highest BCUT2D eigenvalue weighted by atomic mass is 35.5. The van der Waals surface area contributed by atoms with Crippen LogP contribution in [0.2, 0.25) is 0 Å². The third-order valence-electron chi connectivity index (χ3n) is 1.45. The molecule has 1 unspecified atom stereocenters. The predicted octanol–water partition coefficient (Wildman–Crippen LogP) is 2.33. The van der Waals surface area contributed by atoms with E-state index < -0.39 is 23.0 Å². The molecule has 13 heavy (non-hydrogen) atoms. The van der Waals surface area contributed by atoms with Gasteiger partial charge in [-0.25, -0.2) is 8.78 Å². The second-order valence-corrected chi connectivity index (χ2v) is 2.80. The number of benzene rings is 1. The molecule has 0 saturated carbocycles. The van der Waals surface area contributed by atoms with E-state index in [1.165, 1.54) is 0 Å². The van der Waals surface area contributed by atoms with Crippen molar-refractivity contribution in [1.29, 1.82) is 0 Å². The van der Waals surface area contributed by atoms with Gasteiger partial charge in [-0.1, -0.05) is 6.07 Å². The van der Waals surface area contributed by atoms with Crippen LogP contribution in [-0.4, -0.2) is 11.1 Å². The summed E-state index contributed by atoms with van der Waals surface area (Å²) in [6.45, 7) is 0. The Bertz CT molecular complexity index is 341. The molecule has 2 nitrogen and oxygen atoms in total. The van der Waals surface area contributed by atoms with Crippen LogP contribution in [0.25, 0.3) is 0 Å². The molecule has 0 aromatic heterocycles. The summed E-state index contributed by atoms with van der Waals surface area (Å²) in [7, 11) is 0. The molecule has 0 spiro atoms. The third-order valence-corrected chi connectivity index (χ3v) is 1.87. The van der Waals surface area contributed by atoms with Crippen molar-refractivity contribution in [1.82, 2.24) is 0 Å². The average Bonchev–Trinajstić information content (AvgIpc) is 2.03. The number of hydrogen-bond acceptors (Lipinski definition) is 1. The molecular formula is C8H5ClF2O2. The van der Waals surface area contributed by atoms with Crippen LogP contribution in [0.5, 0.6) is 0 Å². The molecule has 0 heterocycles. The molecule has 1 rings (SSSR count). The second kappa shape index (κ2) is 3.70. The molecule has 5 heteroatoms. The Morgan fingerprint density at radius 1 is 1.46 bits per heavy atom. The van der Waals surface area contributed by atoms with Gasteiger partial charge >= 0.3 is 5.97 Å². The van der Waals surface area contributed by atoms with Gasteiger partial charge in [-0.3, -0.25) is 4.79 Å². The Morgan fingerprint density at radius 3 is 2.54 bits per heavy atom. The Labute approximate surface area is 77.8 Å². The Balaban J connectivity index is 3.08. The van der Waals surface area contributed by atoms with E-state index in [1.807, 2.05) is 0 Å². The summed E-state index contributed by atoms with van der Waals surface area (Å²) in [5, 5.41) is 6.95. The van der Waals surface area contributed by atoms with Crippen LogP contribution < -0.4 is 0 Å². The van der Waals surface area contributed by atoms with E-state index in [9.17, 15) is 13.6 Å². The van der Waals surface area contributed by atoms with Gasteiger partial charge in [-0.15, -0.1) is 11.6 Å². The van der Waals surface area contributed by atoms with Gasteiger partial charge in [-0.05, 0) is 6.07 Å². The van der Waals surface area contributed by atoms with Gasteiger partial charge in [0.15, 0.2) is 5.38 Å². The lowest BCUT2D eigenvalue weighted by molar-refractivity contribution is -0.136. The molecule has 0 aliphatic carbocycles. The third kappa shape index (κ3) is 2.15. The van der Waals surface area contributed by atoms with Gasteiger partial charge in [0.1, 0.15) is 11.6 Å². The Morgan fingerprint density at radius 2 is 2.08 bits per heavy atom. The van der Waals surface area contributed by atoms with Gasteiger partial charge in [0.05, 0.1) is 0 Å². The molecule has 1 aromatic carbocycles. The monoisotopic (exact) mass is 206 g/mol. The molecule has 0 amide bonds. The number of carbonyl (C=O) groups is 1. The molecule has 0 radical (unpaired) electrons. The molecule has 70 valence electrons. The summed E-state index contributed by atoms with van der Waals surface area (Å²) >= 11 is 5.34. The van der Waals surface area contributed by atoms with Crippen LogP contribution in [0.3, 0.4) is 0 Å². The molecular weight excluding hydrogens is 202 g/mol. The molecule has 0 aliphatic heterocycles. The first-order valence-corrected chi connectivity index (χ1v) is 3.78. The van der Waals surface area contributed by atoms with E-state index in [0.717, 1.165) is 12.1 Å². The zero-order valence-corrected chi connectivity index (χ0v) is 7.05. The fraction of sp³-hybridized carbons (Fsp3) is 0.125. The van der Waals surface area contributed by atoms with Crippen molar-refractivity contribution in [3.63, 3.8) is 0 Å². The fourth-order valence-corrected chi connectivity index (χ4v) is 1.02. The maximum Gasteiger partial charge on any atom is 0.326 e. The first kappa shape index (κ1) is 9.92. The molecule has 0 bridgehead atoms. The Kier molecular flexibility index (Phi) is 2.83. The summed E-state index contributed by atoms with van der Waals surface area (Å²) in [4.78, 5) is 10.3. The van der Waals surface area contributed by atoms with Crippen molar-refractivity contribution in [3.05, 3.63) is 35.4 Å². The summed E-state index contributed by atoms with van der Waals surface area (Å²) in [5.41, 5.74) is -0.240. The van der Waals surface area contributed by atoms with Crippen molar-refractivity contribution in [2.75, 3.05) is 0 Å². The van der Waals surface area contributed by atoms with Crippen LogP contribution in [0.15, 0.2) is 18.2 Å². The van der Waals surface area contributed by atoms with E-state index in [4.69, 9.17) is 16.7 Å². The number of halogens is 3. The number of rotatable bonds is 2. The second-order valence-electron chi connectivity index (χ2n) is 2.37. The lowest BCUT2D eigenvalue weighted by Crippen LogP contribution is -2.07. The molecule has 0 fully saturated rings. The fourth-order valence-electron chi connectivity index (χ4n) is 0.840. The quantitative estimate of drug-likeness (QED) is 0.754. The van der Waals surface area contributed by atoms with Crippen LogP contribution >= 0.6 is 11.6 Å². The van der Waals surface area contributed by atoms with Crippen molar-refractivity contribution in [2.45, 2.75) is 5.38 Å². The summed E-state index contributed by atoms with van der Waals surface area (Å²) in [5.74, 6) is -3.09.